The Kier molecular flexibility index (Phi) is 3.13. The number of ketones is 1. The molecular weight excluding hydrogens is 380 g/mol. The Hall–Kier alpha value is -3.50. The molecule has 0 spiro atoms. The van der Waals surface area contributed by atoms with Gasteiger partial charge in [-0.2, -0.15) is 0 Å². The molecule has 0 saturated heterocycles. The Morgan fingerprint density at radius 3 is 1.69 bits per heavy atom. The summed E-state index contributed by atoms with van der Waals surface area (Å²) in [7, 11) is -3.56. The summed E-state index contributed by atoms with van der Waals surface area (Å²) in [6.07, 6.45) is 0. The highest BCUT2D eigenvalue weighted by Gasteiger charge is 2.36. The second-order valence-electron chi connectivity index (χ2n) is 7.28. The van der Waals surface area contributed by atoms with E-state index < -0.39 is 9.84 Å². The highest BCUT2D eigenvalue weighted by molar-refractivity contribution is 7.92. The monoisotopic (exact) mass is 394 g/mol. The zero-order chi connectivity index (χ0) is 19.8. The summed E-state index contributed by atoms with van der Waals surface area (Å²) >= 11 is 0. The number of rotatable bonds is 1. The molecule has 1 heterocycles. The van der Waals surface area contributed by atoms with Crippen molar-refractivity contribution in [2.24, 2.45) is 0 Å². The zero-order valence-electron chi connectivity index (χ0n) is 15.2. The molecule has 4 heteroatoms. The third-order valence-corrected chi connectivity index (χ3v) is 7.66. The summed E-state index contributed by atoms with van der Waals surface area (Å²) in [5.41, 5.74) is 6.07. The lowest BCUT2D eigenvalue weighted by atomic mass is 9.90. The smallest absolute Gasteiger partial charge is 0.207 e. The quantitative estimate of drug-likeness (QED) is 0.376. The largest absolute Gasteiger partial charge is 0.289 e. The maximum absolute atomic E-state index is 13.2. The predicted octanol–water partition coefficient (Wildman–Crippen LogP) is 5.38. The van der Waals surface area contributed by atoms with Crippen LogP contribution in [-0.4, -0.2) is 14.2 Å². The third kappa shape index (κ3) is 2.01. The van der Waals surface area contributed by atoms with E-state index in [-0.39, 0.29) is 5.78 Å². The maximum Gasteiger partial charge on any atom is 0.207 e. The molecule has 6 rings (SSSR count). The molecule has 0 saturated carbocycles. The summed E-state index contributed by atoms with van der Waals surface area (Å²) in [4.78, 5) is 13.9. The second-order valence-corrected chi connectivity index (χ2v) is 9.17. The van der Waals surface area contributed by atoms with Gasteiger partial charge in [0.2, 0.25) is 9.84 Å². The molecule has 29 heavy (non-hydrogen) atoms. The molecule has 0 aromatic heterocycles. The minimum atomic E-state index is -3.56. The van der Waals surface area contributed by atoms with Crippen molar-refractivity contribution in [3.05, 3.63) is 96.1 Å². The first-order valence-corrected chi connectivity index (χ1v) is 10.8. The average Bonchev–Trinajstić information content (AvgIpc) is 3.18. The Morgan fingerprint density at radius 1 is 0.448 bits per heavy atom. The number of carbonyl (C=O) groups is 1. The second kappa shape index (κ2) is 5.52. The van der Waals surface area contributed by atoms with E-state index in [0.717, 1.165) is 22.3 Å². The predicted molar refractivity (Wildman–Crippen MR) is 112 cm³/mol. The molecule has 0 bridgehead atoms. The van der Waals surface area contributed by atoms with Gasteiger partial charge in [0, 0.05) is 22.3 Å². The van der Waals surface area contributed by atoms with Crippen molar-refractivity contribution < 1.29 is 13.2 Å². The van der Waals surface area contributed by atoms with Crippen LogP contribution in [0.4, 0.5) is 0 Å². The maximum atomic E-state index is 13.2. The molecule has 0 unspecified atom stereocenters. The molecule has 0 N–H and O–H groups in total. The van der Waals surface area contributed by atoms with Crippen LogP contribution in [0, 0.1) is 0 Å². The van der Waals surface area contributed by atoms with Crippen LogP contribution in [0.25, 0.3) is 33.4 Å². The lowest BCUT2D eigenvalue weighted by molar-refractivity contribution is 0.104. The van der Waals surface area contributed by atoms with Crippen LogP contribution in [0.1, 0.15) is 15.9 Å². The third-order valence-electron chi connectivity index (χ3n) is 5.81. The Bertz CT molecular complexity index is 1480. The van der Waals surface area contributed by atoms with Gasteiger partial charge in [-0.1, -0.05) is 72.8 Å². The van der Waals surface area contributed by atoms with E-state index in [1.807, 2.05) is 60.7 Å². The van der Waals surface area contributed by atoms with Gasteiger partial charge < -0.3 is 0 Å². The van der Waals surface area contributed by atoms with Gasteiger partial charge in [-0.3, -0.25) is 4.79 Å². The normalized spacial score (nSPS) is 14.8. The molecule has 1 aliphatic heterocycles. The highest BCUT2D eigenvalue weighted by Crippen LogP contribution is 2.50. The van der Waals surface area contributed by atoms with Crippen LogP contribution in [0.5, 0.6) is 0 Å². The SMILES string of the molecule is O=C1c2ccccc2-c2cccc(-c3cccc4c3-c3ccccc3S4(=O)=O)c21. The van der Waals surface area contributed by atoms with Gasteiger partial charge in [-0.25, -0.2) is 8.42 Å². The Morgan fingerprint density at radius 2 is 0.931 bits per heavy atom. The first-order valence-electron chi connectivity index (χ1n) is 9.34. The van der Waals surface area contributed by atoms with Gasteiger partial charge in [0.05, 0.1) is 9.79 Å². The number of fused-ring (bicyclic) bond motifs is 6. The summed E-state index contributed by atoms with van der Waals surface area (Å²) < 4.78 is 26.1. The number of benzene rings is 4. The van der Waals surface area contributed by atoms with Crippen LogP contribution in [-0.2, 0) is 9.84 Å². The van der Waals surface area contributed by atoms with E-state index in [2.05, 4.69) is 0 Å². The first kappa shape index (κ1) is 16.5. The lowest BCUT2D eigenvalue weighted by Crippen LogP contribution is -1.99. The van der Waals surface area contributed by atoms with Crippen LogP contribution >= 0.6 is 0 Å². The van der Waals surface area contributed by atoms with Crippen LogP contribution in [0.3, 0.4) is 0 Å². The fourth-order valence-electron chi connectivity index (χ4n) is 4.58. The first-order chi connectivity index (χ1) is 14.1. The van der Waals surface area contributed by atoms with Crippen LogP contribution in [0.15, 0.2) is 94.7 Å². The van der Waals surface area contributed by atoms with Gasteiger partial charge in [0.15, 0.2) is 5.78 Å². The minimum Gasteiger partial charge on any atom is -0.289 e. The van der Waals surface area contributed by atoms with Crippen molar-refractivity contribution in [3.8, 4) is 33.4 Å². The van der Waals surface area contributed by atoms with Crippen molar-refractivity contribution in [2.75, 3.05) is 0 Å². The van der Waals surface area contributed by atoms with E-state index >= 15 is 0 Å². The standard InChI is InChI=1S/C25H14O3S/c26-25-19-8-2-1-7-15(19)16-10-5-11-18(24(16)25)17-12-6-14-22-23(17)20-9-3-4-13-21(20)29(22,27)28/h1-14H. The average molecular weight is 394 g/mol. The van der Waals surface area contributed by atoms with Crippen LogP contribution < -0.4 is 0 Å². The van der Waals surface area contributed by atoms with Crippen molar-refractivity contribution in [2.45, 2.75) is 9.79 Å². The Balaban J connectivity index is 1.70. The highest BCUT2D eigenvalue weighted by atomic mass is 32.2. The molecule has 1 aliphatic carbocycles. The molecule has 0 fully saturated rings. The fourth-order valence-corrected chi connectivity index (χ4v) is 6.28. The molecule has 3 nitrogen and oxygen atoms in total. The molecule has 4 aromatic carbocycles. The van der Waals surface area contributed by atoms with Crippen molar-refractivity contribution >= 4 is 15.6 Å². The minimum absolute atomic E-state index is 0.0158. The zero-order valence-corrected chi connectivity index (χ0v) is 16.0. The van der Waals surface area contributed by atoms with Crippen LogP contribution in [0.2, 0.25) is 0 Å². The van der Waals surface area contributed by atoms with E-state index in [4.69, 9.17) is 0 Å². The van der Waals surface area contributed by atoms with Gasteiger partial charge >= 0.3 is 0 Å². The topological polar surface area (TPSA) is 51.2 Å². The number of sulfone groups is 1. The lowest BCUT2D eigenvalue weighted by Gasteiger charge is -2.12. The fraction of sp³-hybridized carbons (Fsp3) is 0. The molecule has 0 radical (unpaired) electrons. The number of hydrogen-bond donors (Lipinski definition) is 0. The molecule has 0 amide bonds. The summed E-state index contributed by atoms with van der Waals surface area (Å²) in [5.74, 6) is -0.0158. The van der Waals surface area contributed by atoms with Gasteiger partial charge in [-0.15, -0.1) is 0 Å². The van der Waals surface area contributed by atoms with Gasteiger partial charge in [0.25, 0.3) is 0 Å². The van der Waals surface area contributed by atoms with Gasteiger partial charge in [0.1, 0.15) is 0 Å². The molecular formula is C25H14O3S. The summed E-state index contributed by atoms with van der Waals surface area (Å²) in [5, 5.41) is 0. The number of hydrogen-bond acceptors (Lipinski definition) is 3. The van der Waals surface area contributed by atoms with Crippen molar-refractivity contribution in [1.82, 2.24) is 0 Å². The molecule has 0 atom stereocenters. The van der Waals surface area contributed by atoms with E-state index in [1.165, 1.54) is 0 Å². The molecule has 4 aromatic rings. The van der Waals surface area contributed by atoms with E-state index in [0.29, 0.717) is 32.0 Å². The van der Waals surface area contributed by atoms with E-state index in [1.54, 1.807) is 24.3 Å². The van der Waals surface area contributed by atoms with E-state index in [9.17, 15) is 13.2 Å². The Labute approximate surface area is 168 Å². The number of carbonyl (C=O) groups excluding carboxylic acids is 1. The van der Waals surface area contributed by atoms with Crippen molar-refractivity contribution in [3.63, 3.8) is 0 Å². The molecule has 138 valence electrons. The molecule has 2 aliphatic rings. The summed E-state index contributed by atoms with van der Waals surface area (Å²) in [6.45, 7) is 0. The van der Waals surface area contributed by atoms with Gasteiger partial charge in [-0.05, 0) is 34.4 Å². The summed E-state index contributed by atoms with van der Waals surface area (Å²) in [6, 6.07) is 25.8. The van der Waals surface area contributed by atoms with Crippen molar-refractivity contribution in [1.29, 1.82) is 0 Å².